The number of benzene rings is 2. The number of hydrogen-bond acceptors (Lipinski definition) is 4. The summed E-state index contributed by atoms with van der Waals surface area (Å²) in [5, 5.41) is 4.69. The molecule has 2 aromatic heterocycles. The first-order valence-electron chi connectivity index (χ1n) is 10.1. The molecule has 1 aliphatic heterocycles. The summed E-state index contributed by atoms with van der Waals surface area (Å²) < 4.78 is 29.0. The minimum absolute atomic E-state index is 0.00477. The Bertz CT molecular complexity index is 1420. The van der Waals surface area contributed by atoms with E-state index < -0.39 is 23.4 Å². The number of halogens is 2. The predicted molar refractivity (Wildman–Crippen MR) is 115 cm³/mol. The zero-order chi connectivity index (χ0) is 22.7. The fourth-order valence-corrected chi connectivity index (χ4v) is 4.02. The van der Waals surface area contributed by atoms with E-state index in [4.69, 9.17) is 0 Å². The van der Waals surface area contributed by atoms with Crippen LogP contribution in [0, 0.1) is 18.6 Å². The van der Waals surface area contributed by atoms with Crippen molar-refractivity contribution in [3.05, 3.63) is 82.7 Å². The average Bonchev–Trinajstić information content (AvgIpc) is 3.22. The molecule has 3 heterocycles. The molecule has 0 spiro atoms. The maximum atomic E-state index is 14.4. The highest BCUT2D eigenvalue weighted by Crippen LogP contribution is 2.35. The highest BCUT2D eigenvalue weighted by Gasteiger charge is 2.40. The molecule has 0 saturated heterocycles. The third kappa shape index (κ3) is 2.83. The van der Waals surface area contributed by atoms with Crippen molar-refractivity contribution in [1.82, 2.24) is 14.8 Å². The van der Waals surface area contributed by atoms with Gasteiger partial charge in [0.05, 0.1) is 27.9 Å². The Labute approximate surface area is 182 Å². The van der Waals surface area contributed by atoms with Crippen molar-refractivity contribution in [2.24, 2.45) is 0 Å². The molecule has 5 rings (SSSR count). The Hall–Kier alpha value is -3.94. The number of pyridine rings is 1. The average molecular weight is 432 g/mol. The number of fused-ring (bicyclic) bond motifs is 3. The molecule has 160 valence electrons. The van der Waals surface area contributed by atoms with Crippen molar-refractivity contribution in [2.75, 3.05) is 4.90 Å². The third-order valence-electron chi connectivity index (χ3n) is 5.68. The van der Waals surface area contributed by atoms with Gasteiger partial charge in [0.25, 0.3) is 11.8 Å². The van der Waals surface area contributed by atoms with Crippen molar-refractivity contribution < 1.29 is 18.4 Å². The summed E-state index contributed by atoms with van der Waals surface area (Å²) in [4.78, 5) is 31.9. The number of amides is 2. The fraction of sp³-hybridized carbons (Fsp3) is 0.167. The van der Waals surface area contributed by atoms with Crippen molar-refractivity contribution in [2.45, 2.75) is 26.7 Å². The fourth-order valence-electron chi connectivity index (χ4n) is 4.02. The van der Waals surface area contributed by atoms with Crippen LogP contribution in [0.4, 0.5) is 14.5 Å². The molecule has 8 heteroatoms. The van der Waals surface area contributed by atoms with Gasteiger partial charge in [0.15, 0.2) is 11.5 Å². The van der Waals surface area contributed by atoms with Crippen LogP contribution < -0.4 is 4.90 Å². The molecule has 0 radical (unpaired) electrons. The molecule has 0 atom stereocenters. The van der Waals surface area contributed by atoms with E-state index in [1.807, 2.05) is 12.1 Å². The monoisotopic (exact) mass is 432 g/mol. The maximum absolute atomic E-state index is 14.4. The number of carbonyl (C=O) groups excluding carboxylic acids is 2. The lowest BCUT2D eigenvalue weighted by molar-refractivity contribution is 0.0926. The lowest BCUT2D eigenvalue weighted by Crippen LogP contribution is -2.29. The molecule has 0 bridgehead atoms. The number of rotatable bonds is 3. The molecule has 0 unspecified atom stereocenters. The molecule has 0 fully saturated rings. The van der Waals surface area contributed by atoms with Gasteiger partial charge in [-0.05, 0) is 42.7 Å². The molecular formula is C24H18F2N4O2. The first-order valence-corrected chi connectivity index (χ1v) is 10.1. The Kier molecular flexibility index (Phi) is 4.40. The Balaban J connectivity index is 1.66. The summed E-state index contributed by atoms with van der Waals surface area (Å²) >= 11 is 0. The summed E-state index contributed by atoms with van der Waals surface area (Å²) in [5.41, 5.74) is 2.51. The molecule has 0 N–H and O–H groups in total. The smallest absolute Gasteiger partial charge is 0.267 e. The SMILES string of the molecule is Cc1nn(-c2ccc(F)cc2F)c2ncc3c(c12)C(=O)N(c1ccc(C(C)C)cc1)C3=O. The Morgan fingerprint density at radius 1 is 0.969 bits per heavy atom. The summed E-state index contributed by atoms with van der Waals surface area (Å²) in [6, 6.07) is 10.4. The molecule has 1 aliphatic rings. The highest BCUT2D eigenvalue weighted by atomic mass is 19.1. The normalized spacial score (nSPS) is 13.5. The lowest BCUT2D eigenvalue weighted by Gasteiger charge is -2.15. The van der Waals surface area contributed by atoms with Crippen LogP contribution >= 0.6 is 0 Å². The van der Waals surface area contributed by atoms with Crippen LogP contribution in [-0.4, -0.2) is 26.6 Å². The second-order valence-electron chi connectivity index (χ2n) is 8.03. The summed E-state index contributed by atoms with van der Waals surface area (Å²) in [6.45, 7) is 5.77. The largest absolute Gasteiger partial charge is 0.268 e. The molecule has 6 nitrogen and oxygen atoms in total. The molecule has 0 saturated carbocycles. The number of hydrogen-bond donors (Lipinski definition) is 0. The number of carbonyl (C=O) groups is 2. The molecule has 2 aromatic carbocycles. The second kappa shape index (κ2) is 7.05. The topological polar surface area (TPSA) is 68.1 Å². The highest BCUT2D eigenvalue weighted by molar-refractivity contribution is 6.37. The van der Waals surface area contributed by atoms with Crippen LogP contribution in [0.2, 0.25) is 0 Å². The maximum Gasteiger partial charge on any atom is 0.267 e. The number of anilines is 1. The van der Waals surface area contributed by atoms with Gasteiger partial charge in [-0.2, -0.15) is 5.10 Å². The first kappa shape index (κ1) is 20.0. The number of nitrogens with zero attached hydrogens (tertiary/aromatic N) is 4. The minimum atomic E-state index is -0.814. The summed E-state index contributed by atoms with van der Waals surface area (Å²) in [5.74, 6) is -2.18. The van der Waals surface area contributed by atoms with Crippen LogP contribution in [0.3, 0.4) is 0 Å². The zero-order valence-electron chi connectivity index (χ0n) is 17.6. The van der Waals surface area contributed by atoms with E-state index in [1.54, 1.807) is 19.1 Å². The van der Waals surface area contributed by atoms with E-state index >= 15 is 0 Å². The van der Waals surface area contributed by atoms with Gasteiger partial charge in [0, 0.05) is 12.3 Å². The van der Waals surface area contributed by atoms with Gasteiger partial charge in [-0.15, -0.1) is 0 Å². The van der Waals surface area contributed by atoms with Crippen molar-refractivity contribution in [3.63, 3.8) is 0 Å². The van der Waals surface area contributed by atoms with E-state index in [-0.39, 0.29) is 22.5 Å². The van der Waals surface area contributed by atoms with Crippen LogP contribution in [-0.2, 0) is 0 Å². The van der Waals surface area contributed by atoms with Gasteiger partial charge in [0.1, 0.15) is 11.5 Å². The number of aryl methyl sites for hydroxylation is 1. The van der Waals surface area contributed by atoms with Crippen LogP contribution in [0.5, 0.6) is 0 Å². The van der Waals surface area contributed by atoms with Crippen molar-refractivity contribution in [1.29, 1.82) is 0 Å². The predicted octanol–water partition coefficient (Wildman–Crippen LogP) is 4.93. The minimum Gasteiger partial charge on any atom is -0.268 e. The first-order chi connectivity index (χ1) is 15.3. The van der Waals surface area contributed by atoms with E-state index in [9.17, 15) is 18.4 Å². The third-order valence-corrected chi connectivity index (χ3v) is 5.68. The quantitative estimate of drug-likeness (QED) is 0.431. The standard InChI is InChI=1S/C24H18F2N4O2/c1-12(2)14-4-7-16(8-5-14)29-23(31)17-11-27-22-20(21(17)24(29)32)13(3)28-30(22)19-9-6-15(25)10-18(19)26/h4-12H,1-3H3. The number of imide groups is 1. The summed E-state index contributed by atoms with van der Waals surface area (Å²) in [7, 11) is 0. The van der Waals surface area contributed by atoms with Crippen molar-refractivity contribution >= 4 is 28.5 Å². The number of aromatic nitrogens is 3. The van der Waals surface area contributed by atoms with E-state index in [0.717, 1.165) is 22.6 Å². The molecule has 32 heavy (non-hydrogen) atoms. The summed E-state index contributed by atoms with van der Waals surface area (Å²) in [6.07, 6.45) is 1.30. The lowest BCUT2D eigenvalue weighted by atomic mass is 10.0. The molecule has 2 amide bonds. The van der Waals surface area contributed by atoms with Crippen LogP contribution in [0.15, 0.2) is 48.7 Å². The Morgan fingerprint density at radius 2 is 1.69 bits per heavy atom. The van der Waals surface area contributed by atoms with Gasteiger partial charge in [-0.1, -0.05) is 26.0 Å². The van der Waals surface area contributed by atoms with Gasteiger partial charge < -0.3 is 0 Å². The Morgan fingerprint density at radius 3 is 2.34 bits per heavy atom. The van der Waals surface area contributed by atoms with Crippen molar-refractivity contribution in [3.8, 4) is 5.69 Å². The van der Waals surface area contributed by atoms with Gasteiger partial charge >= 0.3 is 0 Å². The van der Waals surface area contributed by atoms with Gasteiger partial charge in [-0.25, -0.2) is 23.3 Å². The van der Waals surface area contributed by atoms with E-state index in [1.165, 1.54) is 16.9 Å². The van der Waals surface area contributed by atoms with Crippen LogP contribution in [0.1, 0.15) is 51.7 Å². The molecule has 0 aliphatic carbocycles. The van der Waals surface area contributed by atoms with Gasteiger partial charge in [-0.3, -0.25) is 9.59 Å². The van der Waals surface area contributed by atoms with Gasteiger partial charge in [0.2, 0.25) is 0 Å². The van der Waals surface area contributed by atoms with E-state index in [2.05, 4.69) is 23.9 Å². The second-order valence-corrected chi connectivity index (χ2v) is 8.03. The molecular weight excluding hydrogens is 414 g/mol. The van der Waals surface area contributed by atoms with E-state index in [0.29, 0.717) is 22.7 Å². The van der Waals surface area contributed by atoms with Crippen LogP contribution in [0.25, 0.3) is 16.7 Å². The zero-order valence-corrected chi connectivity index (χ0v) is 17.6. The molecule has 4 aromatic rings.